The van der Waals surface area contributed by atoms with Crippen molar-refractivity contribution in [3.05, 3.63) is 71.8 Å². The summed E-state index contributed by atoms with van der Waals surface area (Å²) in [5.74, 6) is 0.232. The summed E-state index contributed by atoms with van der Waals surface area (Å²) >= 11 is 0. The Morgan fingerprint density at radius 1 is 0.935 bits per heavy atom. The van der Waals surface area contributed by atoms with Gasteiger partial charge in [-0.15, -0.1) is 0 Å². The minimum absolute atomic E-state index is 0.156. The zero-order valence-corrected chi connectivity index (χ0v) is 16.5. The lowest BCUT2D eigenvalue weighted by Gasteiger charge is -2.37. The number of benzene rings is 2. The van der Waals surface area contributed by atoms with Crippen molar-refractivity contribution in [1.29, 1.82) is 0 Å². The van der Waals surface area contributed by atoms with E-state index in [1.165, 1.54) is 23.1 Å². The van der Waals surface area contributed by atoms with Crippen molar-refractivity contribution in [3.63, 3.8) is 0 Å². The van der Waals surface area contributed by atoms with Crippen LogP contribution in [0.25, 0.3) is 0 Å². The van der Waals surface area contributed by atoms with Crippen molar-refractivity contribution in [3.8, 4) is 5.75 Å². The third kappa shape index (κ3) is 2.64. The van der Waals surface area contributed by atoms with E-state index in [-0.39, 0.29) is 41.0 Å². The van der Waals surface area contributed by atoms with Crippen LogP contribution in [0.4, 0.5) is 5.69 Å². The summed E-state index contributed by atoms with van der Waals surface area (Å²) in [6.07, 6.45) is 6.10. The van der Waals surface area contributed by atoms with Gasteiger partial charge < -0.3 is 4.74 Å². The maximum absolute atomic E-state index is 13.3. The highest BCUT2D eigenvalue weighted by molar-refractivity contribution is 6.23. The minimum Gasteiger partial charge on any atom is -0.423 e. The highest BCUT2D eigenvalue weighted by Crippen LogP contribution is 2.65. The Bertz CT molecular complexity index is 1130. The molecule has 2 saturated carbocycles. The van der Waals surface area contributed by atoms with Crippen LogP contribution in [0, 0.1) is 35.5 Å². The lowest BCUT2D eigenvalue weighted by molar-refractivity contribution is -0.124. The number of esters is 1. The van der Waals surface area contributed by atoms with Gasteiger partial charge in [0.1, 0.15) is 12.0 Å². The van der Waals surface area contributed by atoms with E-state index in [1.54, 1.807) is 30.3 Å². The van der Waals surface area contributed by atoms with E-state index in [0.29, 0.717) is 35.1 Å². The molecule has 1 saturated heterocycles. The van der Waals surface area contributed by atoms with Gasteiger partial charge in [-0.2, -0.15) is 0 Å². The Morgan fingerprint density at radius 2 is 1.58 bits per heavy atom. The number of aldehydes is 1. The number of anilines is 1. The van der Waals surface area contributed by atoms with E-state index >= 15 is 0 Å². The van der Waals surface area contributed by atoms with E-state index in [9.17, 15) is 19.2 Å². The maximum Gasteiger partial charge on any atom is 0.343 e. The van der Waals surface area contributed by atoms with Crippen LogP contribution in [0.2, 0.25) is 0 Å². The number of hydrogen-bond donors (Lipinski definition) is 0. The molecule has 6 atom stereocenters. The molecule has 0 unspecified atom stereocenters. The van der Waals surface area contributed by atoms with Gasteiger partial charge in [-0.05, 0) is 72.6 Å². The number of carbonyl (C=O) groups excluding carboxylic acids is 4. The van der Waals surface area contributed by atoms with Crippen LogP contribution in [-0.2, 0) is 9.59 Å². The molecule has 154 valence electrons. The Kier molecular flexibility index (Phi) is 3.81. The highest BCUT2D eigenvalue weighted by atomic mass is 16.5. The van der Waals surface area contributed by atoms with E-state index in [4.69, 9.17) is 4.74 Å². The largest absolute Gasteiger partial charge is 0.423 e. The van der Waals surface area contributed by atoms with Gasteiger partial charge >= 0.3 is 5.97 Å². The molecule has 0 aromatic heterocycles. The molecule has 0 radical (unpaired) electrons. The molecule has 2 bridgehead atoms. The van der Waals surface area contributed by atoms with Crippen molar-refractivity contribution in [1.82, 2.24) is 0 Å². The predicted octanol–water partition coefficient (Wildman–Crippen LogP) is 3.28. The van der Waals surface area contributed by atoms with Gasteiger partial charge in [0, 0.05) is 5.56 Å². The van der Waals surface area contributed by atoms with Crippen LogP contribution < -0.4 is 9.64 Å². The Labute approximate surface area is 178 Å². The van der Waals surface area contributed by atoms with Crippen molar-refractivity contribution in [2.45, 2.75) is 6.42 Å². The lowest BCUT2D eigenvalue weighted by atomic mass is 9.63. The number of carbonyl (C=O) groups is 4. The Morgan fingerprint density at radius 3 is 2.19 bits per heavy atom. The standard InChI is InChI=1S/C25H19NO5/c27-12-13-4-6-16(7-5-13)31-25(30)14-2-1-3-15(10-14)26-23(28)21-17-8-9-18(20-11-19(17)20)22(21)24(26)29/h1-10,12,17-22H,11H2/t17-,18-,19-,20-,21+,22+/m1/s1. The fourth-order valence-corrected chi connectivity index (χ4v) is 5.76. The third-order valence-corrected chi connectivity index (χ3v) is 7.23. The summed E-state index contributed by atoms with van der Waals surface area (Å²) in [6.45, 7) is 0. The van der Waals surface area contributed by atoms with E-state index in [2.05, 4.69) is 12.2 Å². The molecule has 3 fully saturated rings. The maximum atomic E-state index is 13.3. The van der Waals surface area contributed by atoms with E-state index in [0.717, 1.165) is 6.42 Å². The first kappa shape index (κ1) is 18.2. The molecule has 7 rings (SSSR count). The van der Waals surface area contributed by atoms with Crippen molar-refractivity contribution >= 4 is 29.8 Å². The molecule has 31 heavy (non-hydrogen) atoms. The average molecular weight is 413 g/mol. The van der Waals surface area contributed by atoms with Gasteiger partial charge in [-0.3, -0.25) is 14.4 Å². The fraction of sp³-hybridized carbons (Fsp3) is 0.280. The third-order valence-electron chi connectivity index (χ3n) is 7.23. The number of rotatable bonds is 4. The van der Waals surface area contributed by atoms with Crippen LogP contribution in [-0.4, -0.2) is 24.1 Å². The molecule has 1 heterocycles. The monoisotopic (exact) mass is 413 g/mol. The molecule has 0 N–H and O–H groups in total. The van der Waals surface area contributed by atoms with Gasteiger partial charge in [-0.1, -0.05) is 18.2 Å². The van der Waals surface area contributed by atoms with Crippen molar-refractivity contribution < 1.29 is 23.9 Å². The SMILES string of the molecule is O=Cc1ccc(OC(=O)c2cccc(N3C(=O)[C@H]4[C@@H]5C=C[C@H]([C@H]6C[C@H]56)[C@@H]4C3=O)c2)cc1. The molecule has 2 amide bonds. The zero-order chi connectivity index (χ0) is 21.3. The summed E-state index contributed by atoms with van der Waals surface area (Å²) in [5.41, 5.74) is 1.13. The normalized spacial score (nSPS) is 31.9. The summed E-state index contributed by atoms with van der Waals surface area (Å²) in [5, 5.41) is 0. The summed E-state index contributed by atoms with van der Waals surface area (Å²) in [6, 6.07) is 12.6. The number of allylic oxidation sites excluding steroid dienone is 2. The molecule has 2 aromatic rings. The van der Waals surface area contributed by atoms with E-state index in [1.807, 2.05) is 0 Å². The van der Waals surface area contributed by atoms with Gasteiger partial charge in [0.25, 0.3) is 0 Å². The van der Waals surface area contributed by atoms with Crippen molar-refractivity contribution in [2.75, 3.05) is 4.90 Å². The molecule has 5 aliphatic rings. The molecule has 0 spiro atoms. The highest BCUT2D eigenvalue weighted by Gasteiger charge is 2.67. The molecule has 2 aromatic carbocycles. The molecular weight excluding hydrogens is 394 g/mol. The molecule has 4 aliphatic carbocycles. The fourth-order valence-electron chi connectivity index (χ4n) is 5.76. The van der Waals surface area contributed by atoms with Crippen LogP contribution >= 0.6 is 0 Å². The second-order valence-electron chi connectivity index (χ2n) is 8.79. The Balaban J connectivity index is 1.26. The topological polar surface area (TPSA) is 80.8 Å². The first-order valence-corrected chi connectivity index (χ1v) is 10.5. The van der Waals surface area contributed by atoms with Crippen LogP contribution in [0.15, 0.2) is 60.7 Å². The van der Waals surface area contributed by atoms with Crippen LogP contribution in [0.5, 0.6) is 5.75 Å². The van der Waals surface area contributed by atoms with Crippen LogP contribution in [0.1, 0.15) is 27.1 Å². The van der Waals surface area contributed by atoms with Crippen molar-refractivity contribution in [2.24, 2.45) is 35.5 Å². The van der Waals surface area contributed by atoms with Gasteiger partial charge in [0.05, 0.1) is 23.1 Å². The predicted molar refractivity (Wildman–Crippen MR) is 110 cm³/mol. The first-order chi connectivity index (χ1) is 15.1. The summed E-state index contributed by atoms with van der Waals surface area (Å²) < 4.78 is 5.38. The van der Waals surface area contributed by atoms with E-state index < -0.39 is 5.97 Å². The van der Waals surface area contributed by atoms with Gasteiger partial charge in [-0.25, -0.2) is 9.69 Å². The number of hydrogen-bond acceptors (Lipinski definition) is 5. The summed E-state index contributed by atoms with van der Waals surface area (Å²) in [7, 11) is 0. The molecule has 6 heteroatoms. The van der Waals surface area contributed by atoms with Gasteiger partial charge in [0.2, 0.25) is 11.8 Å². The number of nitrogens with zero attached hydrogens (tertiary/aromatic N) is 1. The molecule has 6 nitrogen and oxygen atoms in total. The molecule has 1 aliphatic heterocycles. The number of amides is 2. The van der Waals surface area contributed by atoms with Gasteiger partial charge in [0.15, 0.2) is 0 Å². The smallest absolute Gasteiger partial charge is 0.343 e. The second kappa shape index (κ2) is 6.48. The second-order valence-corrected chi connectivity index (χ2v) is 8.79. The lowest BCUT2D eigenvalue weighted by Crippen LogP contribution is -2.40. The van der Waals surface area contributed by atoms with Crippen LogP contribution in [0.3, 0.4) is 0 Å². The Hall–Kier alpha value is -3.54. The molecular formula is C25H19NO5. The zero-order valence-electron chi connectivity index (χ0n) is 16.5. The summed E-state index contributed by atoms with van der Waals surface area (Å²) in [4.78, 5) is 51.2. The quantitative estimate of drug-likeness (QED) is 0.253. The first-order valence-electron chi connectivity index (χ1n) is 10.5. The number of ether oxygens (including phenoxy) is 1. The average Bonchev–Trinajstić information content (AvgIpc) is 3.57. The number of imide groups is 1. The minimum atomic E-state index is -0.597.